The van der Waals surface area contributed by atoms with Crippen LogP contribution in [0.2, 0.25) is 0 Å². The van der Waals surface area contributed by atoms with Crippen LogP contribution in [0.3, 0.4) is 0 Å². The molecule has 0 aliphatic heterocycles. The van der Waals surface area contributed by atoms with E-state index in [2.05, 4.69) is 15.6 Å². The highest BCUT2D eigenvalue weighted by Crippen LogP contribution is 1.84. The molecule has 0 aliphatic carbocycles. The van der Waals surface area contributed by atoms with Crippen molar-refractivity contribution in [3.63, 3.8) is 0 Å². The Balaban J connectivity index is 3.07. The minimum Gasteiger partial charge on any atom is -0.393 e. The fraction of sp³-hybridized carbons (Fsp3) is 1.00. The quantitative estimate of drug-likeness (QED) is 0.320. The minimum absolute atomic E-state index is 0.0208. The van der Waals surface area contributed by atoms with Crippen LogP contribution in [-0.2, 0) is 9.73 Å². The summed E-state index contributed by atoms with van der Waals surface area (Å²) in [4.78, 5) is 7.73. The Morgan fingerprint density at radius 3 is 2.38 bits per heavy atom. The third-order valence-electron chi connectivity index (χ3n) is 0.635. The van der Waals surface area contributed by atoms with Crippen molar-refractivity contribution in [2.75, 3.05) is 13.2 Å². The molecule has 0 aromatic carbocycles. The molecule has 0 fully saturated rings. The number of hydrogen-bond acceptors (Lipinski definition) is 5. The summed E-state index contributed by atoms with van der Waals surface area (Å²) in [6.45, 7) is -0.333. The number of aliphatic hydroxyl groups excluding tert-OH is 1. The monoisotopic (exact) mass is 123 g/mol. The van der Waals surface area contributed by atoms with E-state index in [0.29, 0.717) is 0 Å². The zero-order valence-corrected chi connectivity index (χ0v) is 4.28. The van der Waals surface area contributed by atoms with Gasteiger partial charge in [0.15, 0.2) is 0 Å². The lowest BCUT2D eigenvalue weighted by Gasteiger charge is -2.05. The van der Waals surface area contributed by atoms with E-state index in [-0.39, 0.29) is 13.2 Å². The van der Waals surface area contributed by atoms with Crippen LogP contribution >= 0.6 is 0 Å². The molecule has 0 aliphatic rings. The van der Waals surface area contributed by atoms with Crippen LogP contribution in [-0.4, -0.2) is 29.7 Å². The normalized spacial score (nSPS) is 13.9. The molecule has 5 heteroatoms. The molecule has 0 aromatic rings. The van der Waals surface area contributed by atoms with Gasteiger partial charge in [0.25, 0.3) is 0 Å². The average molecular weight is 123 g/mol. The van der Waals surface area contributed by atoms with Gasteiger partial charge in [-0.2, -0.15) is 0 Å². The van der Waals surface area contributed by atoms with Crippen LogP contribution in [0, 0.1) is 0 Å². The first-order valence-corrected chi connectivity index (χ1v) is 2.08. The van der Waals surface area contributed by atoms with Gasteiger partial charge in [0.2, 0.25) is 0 Å². The molecule has 0 heterocycles. The molecule has 4 N–H and O–H groups in total. The van der Waals surface area contributed by atoms with Crippen LogP contribution in [0.4, 0.5) is 0 Å². The Morgan fingerprint density at radius 1 is 1.62 bits per heavy atom. The minimum atomic E-state index is -0.736. The SMILES string of the molecule is NOCC(CO)OO. The molecular formula is C3H9NO4. The molecule has 0 spiro atoms. The summed E-state index contributed by atoms with van der Waals surface area (Å²) in [5.74, 6) is 4.58. The summed E-state index contributed by atoms with van der Waals surface area (Å²) < 4.78 is 0. The fourth-order valence-electron chi connectivity index (χ4n) is 0.224. The van der Waals surface area contributed by atoms with Crippen molar-refractivity contribution < 1.29 is 20.1 Å². The summed E-state index contributed by atoms with van der Waals surface area (Å²) in [5.41, 5.74) is 0. The van der Waals surface area contributed by atoms with Crippen LogP contribution in [0.25, 0.3) is 0 Å². The van der Waals surface area contributed by atoms with Gasteiger partial charge in [-0.1, -0.05) is 0 Å². The van der Waals surface area contributed by atoms with Crippen molar-refractivity contribution in [2.24, 2.45) is 5.90 Å². The van der Waals surface area contributed by atoms with Crippen molar-refractivity contribution in [3.05, 3.63) is 0 Å². The summed E-state index contributed by atoms with van der Waals surface area (Å²) in [5, 5.41) is 16.1. The summed E-state index contributed by atoms with van der Waals surface area (Å²) in [6.07, 6.45) is -0.736. The maximum absolute atomic E-state index is 8.24. The van der Waals surface area contributed by atoms with E-state index in [0.717, 1.165) is 0 Å². The topological polar surface area (TPSA) is 84.9 Å². The van der Waals surface area contributed by atoms with Gasteiger partial charge in [0.1, 0.15) is 6.10 Å². The van der Waals surface area contributed by atoms with Crippen molar-refractivity contribution in [2.45, 2.75) is 6.10 Å². The predicted molar refractivity (Wildman–Crippen MR) is 24.7 cm³/mol. The molecule has 1 unspecified atom stereocenters. The highest BCUT2D eigenvalue weighted by atomic mass is 17.1. The Morgan fingerprint density at radius 2 is 2.25 bits per heavy atom. The fourth-order valence-corrected chi connectivity index (χ4v) is 0.224. The van der Waals surface area contributed by atoms with E-state index in [1.807, 2.05) is 0 Å². The Hall–Kier alpha value is -0.200. The van der Waals surface area contributed by atoms with Gasteiger partial charge in [0.05, 0.1) is 13.2 Å². The van der Waals surface area contributed by atoms with Gasteiger partial charge in [-0.05, 0) is 0 Å². The van der Waals surface area contributed by atoms with Gasteiger partial charge < -0.3 is 9.94 Å². The Bertz CT molecular complexity index is 46.5. The van der Waals surface area contributed by atoms with Crippen LogP contribution in [0.15, 0.2) is 0 Å². The molecule has 8 heavy (non-hydrogen) atoms. The smallest absolute Gasteiger partial charge is 0.141 e. The van der Waals surface area contributed by atoms with E-state index < -0.39 is 6.10 Å². The van der Waals surface area contributed by atoms with E-state index in [9.17, 15) is 0 Å². The first-order chi connectivity index (χ1) is 3.85. The molecule has 0 amide bonds. The second kappa shape index (κ2) is 4.95. The number of nitrogens with two attached hydrogens (primary N) is 1. The maximum Gasteiger partial charge on any atom is 0.141 e. The van der Waals surface area contributed by atoms with Crippen molar-refractivity contribution in [1.29, 1.82) is 0 Å². The van der Waals surface area contributed by atoms with Crippen molar-refractivity contribution >= 4 is 0 Å². The zero-order valence-electron chi connectivity index (χ0n) is 4.28. The van der Waals surface area contributed by atoms with Gasteiger partial charge >= 0.3 is 0 Å². The van der Waals surface area contributed by atoms with Crippen LogP contribution in [0.1, 0.15) is 0 Å². The molecule has 0 saturated carbocycles. The third-order valence-corrected chi connectivity index (χ3v) is 0.635. The Labute approximate surface area is 46.5 Å². The standard InChI is InChI=1S/C3H9NO4/c4-7-2-3(1-5)8-6/h3,5-6H,1-2,4H2. The second-order valence-electron chi connectivity index (χ2n) is 1.24. The number of rotatable bonds is 4. The molecule has 0 radical (unpaired) electrons. The summed E-state index contributed by atoms with van der Waals surface area (Å²) >= 11 is 0. The molecular weight excluding hydrogens is 114 g/mol. The van der Waals surface area contributed by atoms with Gasteiger partial charge in [-0.3, -0.25) is 5.26 Å². The molecule has 5 nitrogen and oxygen atoms in total. The van der Waals surface area contributed by atoms with Gasteiger partial charge in [0, 0.05) is 0 Å². The van der Waals surface area contributed by atoms with E-state index in [1.54, 1.807) is 0 Å². The molecule has 0 aromatic heterocycles. The second-order valence-corrected chi connectivity index (χ2v) is 1.24. The largest absolute Gasteiger partial charge is 0.393 e. The van der Waals surface area contributed by atoms with Crippen molar-refractivity contribution in [3.8, 4) is 0 Å². The summed E-state index contributed by atoms with van der Waals surface area (Å²) in [6, 6.07) is 0. The summed E-state index contributed by atoms with van der Waals surface area (Å²) in [7, 11) is 0. The lowest BCUT2D eigenvalue weighted by atomic mass is 10.4. The van der Waals surface area contributed by atoms with Gasteiger partial charge in [-0.25, -0.2) is 10.8 Å². The molecule has 50 valence electrons. The number of aliphatic hydroxyl groups is 1. The molecule has 1 atom stereocenters. The molecule has 0 saturated heterocycles. The third kappa shape index (κ3) is 2.89. The average Bonchev–Trinajstić information content (AvgIpc) is 1.83. The van der Waals surface area contributed by atoms with E-state index in [1.165, 1.54) is 0 Å². The Kier molecular flexibility index (Phi) is 4.82. The van der Waals surface area contributed by atoms with Crippen LogP contribution in [0.5, 0.6) is 0 Å². The lowest BCUT2D eigenvalue weighted by molar-refractivity contribution is -0.293. The number of hydrogen-bond donors (Lipinski definition) is 3. The van der Waals surface area contributed by atoms with Crippen molar-refractivity contribution in [1.82, 2.24) is 0 Å². The van der Waals surface area contributed by atoms with E-state index >= 15 is 0 Å². The first-order valence-electron chi connectivity index (χ1n) is 2.08. The molecule has 0 rings (SSSR count). The zero-order chi connectivity index (χ0) is 6.41. The van der Waals surface area contributed by atoms with E-state index in [4.69, 9.17) is 10.4 Å². The van der Waals surface area contributed by atoms with Gasteiger partial charge in [-0.15, -0.1) is 0 Å². The lowest BCUT2D eigenvalue weighted by Crippen LogP contribution is -2.24. The first kappa shape index (κ1) is 7.80. The highest BCUT2D eigenvalue weighted by Gasteiger charge is 2.04. The molecule has 0 bridgehead atoms. The van der Waals surface area contributed by atoms with Crippen LogP contribution < -0.4 is 5.90 Å². The maximum atomic E-state index is 8.24. The predicted octanol–water partition coefficient (Wildman–Crippen LogP) is -1.27. The highest BCUT2D eigenvalue weighted by molar-refractivity contribution is 4.47.